The second-order valence-corrected chi connectivity index (χ2v) is 7.67. The lowest BCUT2D eigenvalue weighted by molar-refractivity contribution is 0.0736. The van der Waals surface area contributed by atoms with Crippen LogP contribution >= 0.6 is 0 Å². The Morgan fingerprint density at radius 2 is 2.04 bits per heavy atom. The Morgan fingerprint density at radius 1 is 1.28 bits per heavy atom. The minimum atomic E-state index is -0.979. The molecule has 0 amide bonds. The summed E-state index contributed by atoms with van der Waals surface area (Å²) in [5.74, 6) is 1.52. The summed E-state index contributed by atoms with van der Waals surface area (Å²) in [6, 6.07) is 0.476. The van der Waals surface area contributed by atoms with Crippen LogP contribution in [0.4, 0.5) is 0 Å². The van der Waals surface area contributed by atoms with Gasteiger partial charge in [-0.3, -0.25) is 0 Å². The molecule has 1 aliphatic carbocycles. The van der Waals surface area contributed by atoms with Crippen molar-refractivity contribution in [2.75, 3.05) is 0 Å². The zero-order valence-electron chi connectivity index (χ0n) is 15.4. The van der Waals surface area contributed by atoms with Crippen molar-refractivity contribution in [2.45, 2.75) is 83.5 Å². The van der Waals surface area contributed by atoms with Gasteiger partial charge in [0.05, 0.1) is 18.8 Å². The van der Waals surface area contributed by atoms with Crippen molar-refractivity contribution in [1.29, 1.82) is 0 Å². The summed E-state index contributed by atoms with van der Waals surface area (Å²) in [6.07, 6.45) is 6.30. The molecule has 0 aliphatic heterocycles. The second-order valence-electron chi connectivity index (χ2n) is 7.67. The van der Waals surface area contributed by atoms with Crippen LogP contribution in [0.25, 0.3) is 0 Å². The molecular formula is C17H28N6O2. The van der Waals surface area contributed by atoms with E-state index in [1.54, 1.807) is 13.8 Å². The van der Waals surface area contributed by atoms with Gasteiger partial charge in [-0.1, -0.05) is 31.9 Å². The summed E-state index contributed by atoms with van der Waals surface area (Å²) in [7, 11) is 0. The van der Waals surface area contributed by atoms with Crippen molar-refractivity contribution in [2.24, 2.45) is 0 Å². The molecule has 2 atom stereocenters. The van der Waals surface area contributed by atoms with Gasteiger partial charge in [0, 0.05) is 12.0 Å². The Balaban J connectivity index is 1.67. The maximum atomic E-state index is 10.1. The molecule has 0 spiro atoms. The lowest BCUT2D eigenvalue weighted by atomic mass is 9.90. The number of nitrogens with zero attached hydrogens (tertiary/aromatic N) is 5. The Kier molecular flexibility index (Phi) is 5.19. The predicted octanol–water partition coefficient (Wildman–Crippen LogP) is 2.29. The third-order valence-corrected chi connectivity index (χ3v) is 4.70. The summed E-state index contributed by atoms with van der Waals surface area (Å²) in [5, 5.41) is 30.2. The highest BCUT2D eigenvalue weighted by molar-refractivity contribution is 5.04. The van der Waals surface area contributed by atoms with Crippen molar-refractivity contribution >= 4 is 0 Å². The maximum Gasteiger partial charge on any atom is 0.230 e. The first-order valence-electron chi connectivity index (χ1n) is 9.05. The van der Waals surface area contributed by atoms with Crippen LogP contribution in [0.3, 0.4) is 0 Å². The first-order valence-corrected chi connectivity index (χ1v) is 9.05. The Hall–Kier alpha value is -1.80. The molecule has 3 rings (SSSR count). The van der Waals surface area contributed by atoms with Crippen LogP contribution in [0.1, 0.15) is 82.8 Å². The Labute approximate surface area is 148 Å². The summed E-state index contributed by atoms with van der Waals surface area (Å²) in [4.78, 5) is 0. The van der Waals surface area contributed by atoms with Crippen LogP contribution < -0.4 is 5.32 Å². The number of aromatic nitrogens is 5. The smallest absolute Gasteiger partial charge is 0.230 e. The molecule has 25 heavy (non-hydrogen) atoms. The van der Waals surface area contributed by atoms with E-state index in [4.69, 9.17) is 4.42 Å². The average molecular weight is 348 g/mol. The predicted molar refractivity (Wildman–Crippen MR) is 91.8 cm³/mol. The average Bonchev–Trinajstić information content (AvgIpc) is 3.22. The lowest BCUT2D eigenvalue weighted by Gasteiger charge is -2.31. The van der Waals surface area contributed by atoms with Gasteiger partial charge in [-0.25, -0.2) is 4.68 Å². The Morgan fingerprint density at radius 3 is 2.68 bits per heavy atom. The van der Waals surface area contributed by atoms with E-state index in [0.29, 0.717) is 24.0 Å². The van der Waals surface area contributed by atoms with E-state index >= 15 is 0 Å². The highest BCUT2D eigenvalue weighted by Crippen LogP contribution is 2.29. The van der Waals surface area contributed by atoms with Crippen LogP contribution in [0, 0.1) is 0 Å². The van der Waals surface area contributed by atoms with Crippen molar-refractivity contribution in [3.8, 4) is 0 Å². The number of rotatable bonds is 6. The SMILES string of the molecule is CC(C)c1nnc(CN[C@H]2CCCC[C@@H]2n2cc(C(C)(C)O)nn2)o1. The minimum absolute atomic E-state index is 0.213. The van der Waals surface area contributed by atoms with E-state index in [0.717, 1.165) is 12.8 Å². The van der Waals surface area contributed by atoms with E-state index in [-0.39, 0.29) is 18.0 Å². The largest absolute Gasteiger partial charge is 0.424 e. The van der Waals surface area contributed by atoms with Gasteiger partial charge in [0.25, 0.3) is 0 Å². The summed E-state index contributed by atoms with van der Waals surface area (Å²) in [5.41, 5.74) is -0.386. The number of hydrogen-bond acceptors (Lipinski definition) is 7. The maximum absolute atomic E-state index is 10.1. The van der Waals surface area contributed by atoms with Gasteiger partial charge in [-0.15, -0.1) is 15.3 Å². The van der Waals surface area contributed by atoms with Crippen LogP contribution in [0.15, 0.2) is 10.6 Å². The van der Waals surface area contributed by atoms with Crippen LogP contribution in [0.5, 0.6) is 0 Å². The third kappa shape index (κ3) is 4.24. The van der Waals surface area contributed by atoms with Crippen LogP contribution in [0.2, 0.25) is 0 Å². The first-order chi connectivity index (χ1) is 11.8. The zero-order valence-corrected chi connectivity index (χ0v) is 15.4. The molecular weight excluding hydrogens is 320 g/mol. The number of aliphatic hydroxyl groups is 1. The topological polar surface area (TPSA) is 102 Å². The number of hydrogen-bond donors (Lipinski definition) is 2. The van der Waals surface area contributed by atoms with Gasteiger partial charge in [0.15, 0.2) is 0 Å². The molecule has 138 valence electrons. The zero-order chi connectivity index (χ0) is 18.0. The molecule has 0 unspecified atom stereocenters. The molecule has 1 saturated carbocycles. The molecule has 2 heterocycles. The van der Waals surface area contributed by atoms with E-state index in [2.05, 4.69) is 25.8 Å². The molecule has 2 aromatic heterocycles. The molecule has 0 aromatic carbocycles. The minimum Gasteiger partial charge on any atom is -0.424 e. The van der Waals surface area contributed by atoms with Gasteiger partial charge in [0.1, 0.15) is 11.3 Å². The van der Waals surface area contributed by atoms with E-state index < -0.39 is 5.60 Å². The van der Waals surface area contributed by atoms with Gasteiger partial charge >= 0.3 is 0 Å². The van der Waals surface area contributed by atoms with E-state index in [1.165, 1.54) is 12.8 Å². The summed E-state index contributed by atoms with van der Waals surface area (Å²) < 4.78 is 7.56. The van der Waals surface area contributed by atoms with Gasteiger partial charge in [0.2, 0.25) is 11.8 Å². The summed E-state index contributed by atoms with van der Waals surface area (Å²) >= 11 is 0. The molecule has 1 aliphatic rings. The van der Waals surface area contributed by atoms with Crippen LogP contribution in [-0.2, 0) is 12.1 Å². The number of nitrogens with one attached hydrogen (secondary N) is 1. The fraction of sp³-hybridized carbons (Fsp3) is 0.765. The highest BCUT2D eigenvalue weighted by atomic mass is 16.4. The quantitative estimate of drug-likeness (QED) is 0.825. The molecule has 8 heteroatoms. The fourth-order valence-electron chi connectivity index (χ4n) is 3.17. The fourth-order valence-corrected chi connectivity index (χ4v) is 3.17. The van der Waals surface area contributed by atoms with Crippen molar-refractivity contribution < 1.29 is 9.52 Å². The molecule has 1 fully saturated rings. The van der Waals surface area contributed by atoms with E-state index in [9.17, 15) is 5.11 Å². The molecule has 2 N–H and O–H groups in total. The molecule has 0 bridgehead atoms. The van der Waals surface area contributed by atoms with Crippen molar-refractivity contribution in [1.82, 2.24) is 30.5 Å². The Bertz CT molecular complexity index is 687. The molecule has 2 aromatic rings. The highest BCUT2D eigenvalue weighted by Gasteiger charge is 2.29. The summed E-state index contributed by atoms with van der Waals surface area (Å²) in [6.45, 7) is 8.06. The molecule has 0 radical (unpaired) electrons. The normalized spacial score (nSPS) is 21.8. The third-order valence-electron chi connectivity index (χ3n) is 4.70. The van der Waals surface area contributed by atoms with Crippen LogP contribution in [-0.4, -0.2) is 36.3 Å². The first kappa shape index (κ1) is 18.0. The second kappa shape index (κ2) is 7.21. The lowest BCUT2D eigenvalue weighted by Crippen LogP contribution is -2.39. The van der Waals surface area contributed by atoms with E-state index in [1.807, 2.05) is 24.7 Å². The van der Waals surface area contributed by atoms with Gasteiger partial charge in [-0.05, 0) is 26.7 Å². The van der Waals surface area contributed by atoms with Crippen molar-refractivity contribution in [3.63, 3.8) is 0 Å². The standard InChI is InChI=1S/C17H28N6O2/c1-11(2)16-21-20-15(25-16)9-18-12-7-5-6-8-13(12)23-10-14(19-22-23)17(3,4)24/h10-13,18,24H,5-9H2,1-4H3/t12-,13-/m0/s1. The van der Waals surface area contributed by atoms with Gasteiger partial charge < -0.3 is 14.8 Å². The monoisotopic (exact) mass is 348 g/mol. The molecule has 0 saturated heterocycles. The van der Waals surface area contributed by atoms with Gasteiger partial charge in [-0.2, -0.15) is 0 Å². The molecule has 8 nitrogen and oxygen atoms in total. The van der Waals surface area contributed by atoms with Crippen molar-refractivity contribution in [3.05, 3.63) is 23.7 Å².